The molecule has 0 bridgehead atoms. The van der Waals surface area contributed by atoms with Crippen LogP contribution in [0.5, 0.6) is 17.2 Å². The Balaban J connectivity index is 1.94. The van der Waals surface area contributed by atoms with Gasteiger partial charge >= 0.3 is 7.82 Å². The van der Waals surface area contributed by atoms with Crippen LogP contribution in [-0.4, -0.2) is 0 Å². The van der Waals surface area contributed by atoms with Crippen molar-refractivity contribution in [2.45, 2.75) is 10.7 Å². The Morgan fingerprint density at radius 3 is 1.79 bits per heavy atom. The molecule has 28 heavy (non-hydrogen) atoms. The Labute approximate surface area is 185 Å². The van der Waals surface area contributed by atoms with Crippen LogP contribution in [0.25, 0.3) is 0 Å². The third kappa shape index (κ3) is 5.77. The van der Waals surface area contributed by atoms with Gasteiger partial charge in [0.2, 0.25) is 0 Å². The summed E-state index contributed by atoms with van der Waals surface area (Å²) >= 11 is 13.0. The zero-order valence-electron chi connectivity index (χ0n) is 14.6. The van der Waals surface area contributed by atoms with Gasteiger partial charge in [0.05, 0.1) is 5.02 Å². The molecule has 0 spiro atoms. The van der Waals surface area contributed by atoms with Crippen LogP contribution in [0, 0.1) is 0 Å². The molecule has 3 rings (SSSR count). The van der Waals surface area contributed by atoms with E-state index in [2.05, 4.69) is 31.9 Å². The molecule has 0 aromatic heterocycles. The zero-order chi connectivity index (χ0) is 20.0. The van der Waals surface area contributed by atoms with Gasteiger partial charge in [-0.1, -0.05) is 79.9 Å². The molecule has 0 aliphatic rings. The van der Waals surface area contributed by atoms with Crippen LogP contribution in [0.4, 0.5) is 0 Å². The fraction of sp³-hybridized carbons (Fsp3) is 0.100. The molecule has 0 saturated carbocycles. The van der Waals surface area contributed by atoms with Crippen molar-refractivity contribution in [3.63, 3.8) is 0 Å². The molecule has 0 aliphatic carbocycles. The largest absolute Gasteiger partial charge is 0.647 e. The van der Waals surface area contributed by atoms with Crippen LogP contribution in [0.1, 0.15) is 11.1 Å². The molecule has 0 radical (unpaired) electrons. The molecule has 4 nitrogen and oxygen atoms in total. The highest BCUT2D eigenvalue weighted by Gasteiger charge is 2.34. The minimum absolute atomic E-state index is 0.209. The monoisotopic (exact) mass is 544 g/mol. The molecular formula is C20H16Br2ClO4P. The van der Waals surface area contributed by atoms with Crippen molar-refractivity contribution in [1.29, 1.82) is 0 Å². The number of benzene rings is 3. The van der Waals surface area contributed by atoms with Crippen LogP contribution < -0.4 is 13.6 Å². The summed E-state index contributed by atoms with van der Waals surface area (Å²) < 4.78 is 30.6. The van der Waals surface area contributed by atoms with Gasteiger partial charge in [-0.2, -0.15) is 4.57 Å². The average Bonchev–Trinajstić information content (AvgIpc) is 2.70. The molecule has 3 aromatic carbocycles. The minimum atomic E-state index is -4.09. The number of phosphoric ester groups is 1. The number of phosphoric acid groups is 1. The van der Waals surface area contributed by atoms with E-state index in [4.69, 9.17) is 25.2 Å². The summed E-state index contributed by atoms with van der Waals surface area (Å²) in [7, 11) is -4.09. The van der Waals surface area contributed by atoms with E-state index in [-0.39, 0.29) is 5.75 Å². The molecule has 0 atom stereocenters. The van der Waals surface area contributed by atoms with Crippen LogP contribution in [0.15, 0.2) is 72.8 Å². The summed E-state index contributed by atoms with van der Waals surface area (Å²) in [6, 6.07) is 21.1. The summed E-state index contributed by atoms with van der Waals surface area (Å²) in [5, 5.41) is 1.57. The summed E-state index contributed by atoms with van der Waals surface area (Å²) in [6.45, 7) is 0. The van der Waals surface area contributed by atoms with Crippen molar-refractivity contribution in [3.8, 4) is 17.2 Å². The lowest BCUT2D eigenvalue weighted by Gasteiger charge is -2.20. The van der Waals surface area contributed by atoms with E-state index >= 15 is 0 Å². The van der Waals surface area contributed by atoms with E-state index in [1.807, 2.05) is 12.1 Å². The summed E-state index contributed by atoms with van der Waals surface area (Å²) in [6.07, 6.45) is 0. The first-order valence-electron chi connectivity index (χ1n) is 8.24. The third-order valence-electron chi connectivity index (χ3n) is 3.59. The Morgan fingerprint density at radius 1 is 0.750 bits per heavy atom. The van der Waals surface area contributed by atoms with Gasteiger partial charge in [-0.25, -0.2) is 0 Å². The first kappa shape index (κ1) is 21.3. The van der Waals surface area contributed by atoms with Gasteiger partial charge in [0.15, 0.2) is 5.75 Å². The van der Waals surface area contributed by atoms with Gasteiger partial charge in [0.1, 0.15) is 11.5 Å². The molecule has 0 fully saturated rings. The number of halogens is 3. The van der Waals surface area contributed by atoms with Gasteiger partial charge in [-0.15, -0.1) is 0 Å². The van der Waals surface area contributed by atoms with E-state index in [0.29, 0.717) is 27.2 Å². The van der Waals surface area contributed by atoms with Crippen LogP contribution in [0.2, 0.25) is 5.02 Å². The van der Waals surface area contributed by atoms with Crippen molar-refractivity contribution in [2.24, 2.45) is 0 Å². The Morgan fingerprint density at radius 2 is 1.29 bits per heavy atom. The van der Waals surface area contributed by atoms with Crippen LogP contribution >= 0.6 is 51.3 Å². The third-order valence-corrected chi connectivity index (χ3v) is 6.48. The van der Waals surface area contributed by atoms with Crippen molar-refractivity contribution in [3.05, 3.63) is 88.9 Å². The molecule has 146 valence electrons. The van der Waals surface area contributed by atoms with Gasteiger partial charge < -0.3 is 13.6 Å². The summed E-state index contributed by atoms with van der Waals surface area (Å²) in [5.74, 6) is 0.939. The van der Waals surface area contributed by atoms with Gasteiger partial charge in [0, 0.05) is 10.7 Å². The zero-order valence-corrected chi connectivity index (χ0v) is 19.4. The molecule has 0 unspecified atom stereocenters. The van der Waals surface area contributed by atoms with Crippen molar-refractivity contribution in [2.75, 3.05) is 0 Å². The molecule has 0 N–H and O–H groups in total. The Bertz CT molecular complexity index is 946. The number of alkyl halides is 2. The minimum Gasteiger partial charge on any atom is -0.386 e. The van der Waals surface area contributed by atoms with Crippen molar-refractivity contribution in [1.82, 2.24) is 0 Å². The van der Waals surface area contributed by atoms with Gasteiger partial charge in [-0.3, -0.25) is 0 Å². The maximum absolute atomic E-state index is 13.5. The number of rotatable bonds is 8. The van der Waals surface area contributed by atoms with E-state index in [1.54, 1.807) is 60.7 Å². The predicted molar refractivity (Wildman–Crippen MR) is 119 cm³/mol. The fourth-order valence-electron chi connectivity index (χ4n) is 2.32. The molecule has 0 saturated heterocycles. The van der Waals surface area contributed by atoms with Crippen molar-refractivity contribution >= 4 is 51.3 Å². The first-order valence-corrected chi connectivity index (χ1v) is 12.3. The van der Waals surface area contributed by atoms with Gasteiger partial charge in [0.25, 0.3) is 0 Å². The lowest BCUT2D eigenvalue weighted by Crippen LogP contribution is -2.08. The predicted octanol–water partition coefficient (Wildman–Crippen LogP) is 7.77. The highest BCUT2D eigenvalue weighted by molar-refractivity contribution is 9.08. The lowest BCUT2D eigenvalue weighted by atomic mass is 10.2. The van der Waals surface area contributed by atoms with Crippen LogP contribution in [0.3, 0.4) is 0 Å². The SMILES string of the molecule is O=P(Oc1cccc(CBr)c1)(Oc1cccc(CBr)c1)Oc1ccccc1Cl. The molecule has 0 heterocycles. The van der Waals surface area contributed by atoms with E-state index in [1.165, 1.54) is 0 Å². The van der Waals surface area contributed by atoms with Crippen LogP contribution in [-0.2, 0) is 15.2 Å². The molecular weight excluding hydrogens is 530 g/mol. The highest BCUT2D eigenvalue weighted by Crippen LogP contribution is 2.51. The Hall–Kier alpha value is -1.46. The highest BCUT2D eigenvalue weighted by atomic mass is 79.9. The van der Waals surface area contributed by atoms with E-state index in [9.17, 15) is 4.57 Å². The Kier molecular flexibility index (Phi) is 7.47. The summed E-state index contributed by atoms with van der Waals surface area (Å²) in [5.41, 5.74) is 1.92. The number of para-hydroxylation sites is 1. The fourth-order valence-corrected chi connectivity index (χ4v) is 4.51. The topological polar surface area (TPSA) is 44.8 Å². The number of hydrogen-bond donors (Lipinski definition) is 0. The smallest absolute Gasteiger partial charge is 0.386 e. The lowest BCUT2D eigenvalue weighted by molar-refractivity contribution is 0.298. The molecule has 8 heteroatoms. The average molecular weight is 547 g/mol. The maximum Gasteiger partial charge on any atom is 0.647 e. The molecule has 0 aliphatic heterocycles. The molecule has 3 aromatic rings. The summed E-state index contributed by atoms with van der Waals surface area (Å²) in [4.78, 5) is 0. The normalized spacial score (nSPS) is 11.1. The second-order valence-electron chi connectivity index (χ2n) is 5.71. The quantitative estimate of drug-likeness (QED) is 0.214. The number of hydrogen-bond acceptors (Lipinski definition) is 4. The standard InChI is InChI=1S/C20H16Br2ClO4P/c21-13-15-5-3-7-17(11-15)25-28(24,27-20-10-2-1-9-19(20)23)26-18-8-4-6-16(12-18)14-22/h1-12H,13-14H2. The van der Waals surface area contributed by atoms with Crippen molar-refractivity contribution < 1.29 is 18.1 Å². The van der Waals surface area contributed by atoms with Gasteiger partial charge in [-0.05, 0) is 47.5 Å². The molecule has 0 amide bonds. The van der Waals surface area contributed by atoms with E-state index in [0.717, 1.165) is 11.1 Å². The first-order chi connectivity index (χ1) is 13.5. The maximum atomic E-state index is 13.5. The second kappa shape index (κ2) is 9.84. The van der Waals surface area contributed by atoms with E-state index < -0.39 is 7.82 Å². The second-order valence-corrected chi connectivity index (χ2v) is 8.68.